The van der Waals surface area contributed by atoms with Crippen LogP contribution in [-0.4, -0.2) is 29.9 Å². The van der Waals surface area contributed by atoms with Gasteiger partial charge < -0.3 is 10.6 Å². The topological polar surface area (TPSA) is 46.3 Å². The quantitative estimate of drug-likeness (QED) is 0.885. The summed E-state index contributed by atoms with van der Waals surface area (Å²) in [5.41, 5.74) is 6.33. The van der Waals surface area contributed by atoms with Gasteiger partial charge in [-0.05, 0) is 30.5 Å². The average Bonchev–Trinajstić information content (AvgIpc) is 2.89. The fourth-order valence-electron chi connectivity index (χ4n) is 2.79. The maximum Gasteiger partial charge on any atom is 0.227 e. The number of amides is 1. The van der Waals surface area contributed by atoms with Gasteiger partial charge in [-0.25, -0.2) is 4.39 Å². The zero-order chi connectivity index (χ0) is 13.7. The highest BCUT2D eigenvalue weighted by Crippen LogP contribution is 2.24. The van der Waals surface area contributed by atoms with Gasteiger partial charge in [0.05, 0.1) is 6.42 Å². The monoisotopic (exact) mass is 264 g/mol. The van der Waals surface area contributed by atoms with Crippen molar-refractivity contribution in [3.63, 3.8) is 0 Å². The number of halogens is 1. The van der Waals surface area contributed by atoms with Crippen LogP contribution in [0.15, 0.2) is 24.3 Å². The molecule has 0 spiro atoms. The third-order valence-electron chi connectivity index (χ3n) is 3.70. The lowest BCUT2D eigenvalue weighted by Gasteiger charge is -2.28. The van der Waals surface area contributed by atoms with E-state index in [2.05, 4.69) is 0 Å². The van der Waals surface area contributed by atoms with Crippen molar-refractivity contribution in [1.29, 1.82) is 0 Å². The van der Waals surface area contributed by atoms with Gasteiger partial charge in [0.2, 0.25) is 5.91 Å². The Morgan fingerprint density at radius 3 is 2.74 bits per heavy atom. The van der Waals surface area contributed by atoms with E-state index >= 15 is 0 Å². The van der Waals surface area contributed by atoms with Crippen LogP contribution in [0.2, 0.25) is 0 Å². The molecule has 0 unspecified atom stereocenters. The zero-order valence-corrected chi connectivity index (χ0v) is 11.1. The minimum Gasteiger partial charge on any atom is -0.338 e. The van der Waals surface area contributed by atoms with Crippen molar-refractivity contribution in [3.8, 4) is 0 Å². The van der Waals surface area contributed by atoms with Crippen molar-refractivity contribution in [2.45, 2.75) is 38.1 Å². The summed E-state index contributed by atoms with van der Waals surface area (Å²) >= 11 is 0. The lowest BCUT2D eigenvalue weighted by Crippen LogP contribution is -2.42. The smallest absolute Gasteiger partial charge is 0.227 e. The Bertz CT molecular complexity index is 430. The van der Waals surface area contributed by atoms with Gasteiger partial charge in [-0.1, -0.05) is 25.0 Å². The summed E-state index contributed by atoms with van der Waals surface area (Å²) in [7, 11) is 0. The molecule has 1 aliphatic rings. The molecular formula is C15H21FN2O. The third-order valence-corrected chi connectivity index (χ3v) is 3.70. The van der Waals surface area contributed by atoms with E-state index in [4.69, 9.17) is 5.73 Å². The minimum atomic E-state index is -0.295. The summed E-state index contributed by atoms with van der Waals surface area (Å²) in [5.74, 6) is -0.237. The normalized spacial score (nSPS) is 15.7. The molecule has 0 aliphatic heterocycles. The molecule has 1 aromatic rings. The van der Waals surface area contributed by atoms with Crippen LogP contribution in [0.25, 0.3) is 0 Å². The van der Waals surface area contributed by atoms with Crippen molar-refractivity contribution in [2.75, 3.05) is 13.1 Å². The Kier molecular flexibility index (Phi) is 4.91. The third kappa shape index (κ3) is 3.77. The lowest BCUT2D eigenvalue weighted by atomic mass is 10.1. The summed E-state index contributed by atoms with van der Waals surface area (Å²) in [6, 6.07) is 6.57. The molecule has 1 fully saturated rings. The Hall–Kier alpha value is -1.42. The highest BCUT2D eigenvalue weighted by molar-refractivity contribution is 5.79. The standard InChI is InChI=1S/C15H21FN2O/c16-13-5-3-4-12(10-13)11-15(19)18(9-8-17)14-6-1-2-7-14/h3-5,10,14H,1-2,6-9,11,17H2. The molecule has 0 saturated heterocycles. The summed E-state index contributed by atoms with van der Waals surface area (Å²) in [6.45, 7) is 1.07. The second-order valence-corrected chi connectivity index (χ2v) is 5.12. The second-order valence-electron chi connectivity index (χ2n) is 5.12. The van der Waals surface area contributed by atoms with Crippen molar-refractivity contribution >= 4 is 5.91 Å². The molecule has 0 radical (unpaired) electrons. The van der Waals surface area contributed by atoms with Crippen LogP contribution in [0.5, 0.6) is 0 Å². The molecule has 3 nitrogen and oxygen atoms in total. The molecule has 2 rings (SSSR count). The number of nitrogens with zero attached hydrogens (tertiary/aromatic N) is 1. The van der Waals surface area contributed by atoms with E-state index in [1.807, 2.05) is 4.90 Å². The molecule has 1 aliphatic carbocycles. The molecule has 4 heteroatoms. The summed E-state index contributed by atoms with van der Waals surface area (Å²) < 4.78 is 13.1. The number of hydrogen-bond acceptors (Lipinski definition) is 2. The van der Waals surface area contributed by atoms with Gasteiger partial charge >= 0.3 is 0 Å². The molecule has 1 amide bonds. The van der Waals surface area contributed by atoms with Gasteiger partial charge in [-0.2, -0.15) is 0 Å². The Balaban J connectivity index is 2.02. The molecule has 19 heavy (non-hydrogen) atoms. The number of carbonyl (C=O) groups excluding carboxylic acids is 1. The number of benzene rings is 1. The Morgan fingerprint density at radius 1 is 1.37 bits per heavy atom. The second kappa shape index (κ2) is 6.66. The summed E-state index contributed by atoms with van der Waals surface area (Å²) in [4.78, 5) is 14.2. The van der Waals surface area contributed by atoms with Crippen LogP contribution in [0, 0.1) is 5.82 Å². The van der Waals surface area contributed by atoms with Gasteiger partial charge in [-0.15, -0.1) is 0 Å². The predicted octanol–water partition coefficient (Wildman–Crippen LogP) is 2.10. The minimum absolute atomic E-state index is 0.0583. The van der Waals surface area contributed by atoms with Crippen LogP contribution in [-0.2, 0) is 11.2 Å². The number of carbonyl (C=O) groups is 1. The van der Waals surface area contributed by atoms with Gasteiger partial charge in [0.15, 0.2) is 0 Å². The van der Waals surface area contributed by atoms with Gasteiger partial charge in [0, 0.05) is 19.1 Å². The highest BCUT2D eigenvalue weighted by atomic mass is 19.1. The molecular weight excluding hydrogens is 243 g/mol. The first-order valence-corrected chi connectivity index (χ1v) is 6.94. The highest BCUT2D eigenvalue weighted by Gasteiger charge is 2.25. The first-order chi connectivity index (χ1) is 9.20. The van der Waals surface area contributed by atoms with Gasteiger partial charge in [-0.3, -0.25) is 4.79 Å². The maximum atomic E-state index is 13.1. The zero-order valence-electron chi connectivity index (χ0n) is 11.1. The molecule has 2 N–H and O–H groups in total. The number of rotatable bonds is 5. The molecule has 0 atom stereocenters. The van der Waals surface area contributed by atoms with Crippen molar-refractivity contribution in [1.82, 2.24) is 4.90 Å². The van der Waals surface area contributed by atoms with Crippen molar-refractivity contribution in [2.24, 2.45) is 5.73 Å². The van der Waals surface area contributed by atoms with Crippen LogP contribution >= 0.6 is 0 Å². The largest absolute Gasteiger partial charge is 0.338 e. The van der Waals surface area contributed by atoms with E-state index in [1.165, 1.54) is 25.0 Å². The van der Waals surface area contributed by atoms with Gasteiger partial charge in [0.1, 0.15) is 5.82 Å². The van der Waals surface area contributed by atoms with Crippen LogP contribution in [0.1, 0.15) is 31.2 Å². The van der Waals surface area contributed by atoms with E-state index in [0.717, 1.165) is 18.4 Å². The van der Waals surface area contributed by atoms with Gasteiger partial charge in [0.25, 0.3) is 0 Å². The first kappa shape index (κ1) is 14.0. The average molecular weight is 264 g/mol. The fraction of sp³-hybridized carbons (Fsp3) is 0.533. The van der Waals surface area contributed by atoms with E-state index in [9.17, 15) is 9.18 Å². The first-order valence-electron chi connectivity index (χ1n) is 6.94. The van der Waals surface area contributed by atoms with E-state index in [-0.39, 0.29) is 18.1 Å². The molecule has 0 aromatic heterocycles. The van der Waals surface area contributed by atoms with Crippen LogP contribution < -0.4 is 5.73 Å². The SMILES string of the molecule is NCCN(C(=O)Cc1cccc(F)c1)C1CCCC1. The predicted molar refractivity (Wildman–Crippen MR) is 73.1 cm³/mol. The number of nitrogens with two attached hydrogens (primary N) is 1. The van der Waals surface area contributed by atoms with E-state index < -0.39 is 0 Å². The van der Waals surface area contributed by atoms with E-state index in [0.29, 0.717) is 19.1 Å². The lowest BCUT2D eigenvalue weighted by molar-refractivity contribution is -0.132. The maximum absolute atomic E-state index is 13.1. The van der Waals surface area contributed by atoms with Crippen LogP contribution in [0.4, 0.5) is 4.39 Å². The van der Waals surface area contributed by atoms with E-state index in [1.54, 1.807) is 12.1 Å². The van der Waals surface area contributed by atoms with Crippen molar-refractivity contribution in [3.05, 3.63) is 35.6 Å². The molecule has 0 bridgehead atoms. The molecule has 104 valence electrons. The van der Waals surface area contributed by atoms with Crippen LogP contribution in [0.3, 0.4) is 0 Å². The molecule has 0 heterocycles. The summed E-state index contributed by atoms with van der Waals surface area (Å²) in [6.07, 6.45) is 4.75. The Morgan fingerprint density at radius 2 is 2.11 bits per heavy atom. The molecule has 1 saturated carbocycles. The summed E-state index contributed by atoms with van der Waals surface area (Å²) in [5, 5.41) is 0. The Labute approximate surface area is 113 Å². The van der Waals surface area contributed by atoms with Crippen molar-refractivity contribution < 1.29 is 9.18 Å². The molecule has 1 aromatic carbocycles. The number of hydrogen-bond donors (Lipinski definition) is 1. The fourth-order valence-corrected chi connectivity index (χ4v) is 2.79.